The average molecular weight is 607 g/mol. The normalized spacial score (nSPS) is 24.9. The molecule has 2 aliphatic carbocycles. The number of sulfonamides is 1. The maximum Gasteiger partial charge on any atom is 0.255 e. The van der Waals surface area contributed by atoms with Gasteiger partial charge in [0.05, 0.1) is 26.5 Å². The van der Waals surface area contributed by atoms with Crippen LogP contribution in [0.3, 0.4) is 0 Å². The van der Waals surface area contributed by atoms with Gasteiger partial charge in [-0.2, -0.15) is 0 Å². The van der Waals surface area contributed by atoms with Crippen LogP contribution in [0, 0.1) is 29.3 Å². The van der Waals surface area contributed by atoms with E-state index in [1.807, 2.05) is 0 Å². The average Bonchev–Trinajstić information content (AvgIpc) is 3.02. The molecule has 2 fully saturated rings. The Morgan fingerprint density at radius 3 is 2.23 bits per heavy atom. The SMILES string of the molecule is C=CCS(=O)(=O)NC[C@]1(O)C2CCC1C[C@@H](S(=O)(=O)c1cc(C(=O)Nc3cc(F)c(F)c(F)c3)ccc1Cl)C2. The topological polar surface area (TPSA) is 130 Å². The molecule has 4 rings (SSSR count). The Morgan fingerprint density at radius 2 is 1.67 bits per heavy atom. The van der Waals surface area contributed by atoms with Crippen LogP contribution in [0.25, 0.3) is 0 Å². The maximum absolute atomic E-state index is 13.6. The lowest BCUT2D eigenvalue weighted by Gasteiger charge is -2.42. The Bertz CT molecular complexity index is 1500. The van der Waals surface area contributed by atoms with Crippen molar-refractivity contribution in [2.24, 2.45) is 11.8 Å². The number of benzene rings is 2. The molecule has 2 aromatic rings. The highest BCUT2D eigenvalue weighted by Crippen LogP contribution is 2.52. The molecular weight excluding hydrogens is 581 g/mol. The molecule has 2 saturated carbocycles. The summed E-state index contributed by atoms with van der Waals surface area (Å²) in [5.74, 6) is -6.92. The Balaban J connectivity index is 1.54. The number of sulfone groups is 1. The number of halogens is 4. The van der Waals surface area contributed by atoms with Gasteiger partial charge >= 0.3 is 0 Å². The number of anilines is 1. The van der Waals surface area contributed by atoms with Gasteiger partial charge in [-0.15, -0.1) is 6.58 Å². The maximum atomic E-state index is 13.6. The van der Waals surface area contributed by atoms with Crippen LogP contribution in [0.1, 0.15) is 36.0 Å². The highest BCUT2D eigenvalue weighted by Gasteiger charge is 2.55. The first-order chi connectivity index (χ1) is 18.2. The third-order valence-corrected chi connectivity index (χ3v) is 11.4. The second kappa shape index (κ2) is 10.8. The van der Waals surface area contributed by atoms with Gasteiger partial charge in [0.25, 0.3) is 5.91 Å². The number of nitrogens with one attached hydrogen (secondary N) is 2. The van der Waals surface area contributed by atoms with E-state index >= 15 is 0 Å². The molecule has 2 aliphatic rings. The molecule has 3 N–H and O–H groups in total. The number of carbonyl (C=O) groups is 1. The summed E-state index contributed by atoms with van der Waals surface area (Å²) in [5.41, 5.74) is -1.96. The lowest BCUT2D eigenvalue weighted by atomic mass is 9.74. The Hall–Kier alpha value is -2.45. The molecule has 0 spiro atoms. The van der Waals surface area contributed by atoms with Crippen molar-refractivity contribution in [1.82, 2.24) is 4.72 Å². The van der Waals surface area contributed by atoms with Gasteiger partial charge < -0.3 is 10.4 Å². The summed E-state index contributed by atoms with van der Waals surface area (Å²) in [6.45, 7) is 3.15. The number of carbonyl (C=O) groups excluding carboxylic acids is 1. The van der Waals surface area contributed by atoms with Crippen LogP contribution in [0.4, 0.5) is 18.9 Å². The number of hydrogen-bond donors (Lipinski definition) is 3. The fourth-order valence-corrected chi connectivity index (χ4v) is 8.75. The van der Waals surface area contributed by atoms with Crippen LogP contribution in [-0.2, 0) is 19.9 Å². The van der Waals surface area contributed by atoms with Gasteiger partial charge in [0.15, 0.2) is 27.3 Å². The second-order valence-corrected chi connectivity index (χ2v) is 14.3. The minimum absolute atomic E-state index is 0.0550. The summed E-state index contributed by atoms with van der Waals surface area (Å²) in [6, 6.07) is 4.65. The number of fused-ring (bicyclic) bond motifs is 2. The molecule has 2 aromatic carbocycles. The van der Waals surface area contributed by atoms with Crippen molar-refractivity contribution in [3.63, 3.8) is 0 Å². The van der Waals surface area contributed by atoms with Gasteiger partial charge in [0, 0.05) is 29.9 Å². The number of rotatable bonds is 9. The van der Waals surface area contributed by atoms with E-state index in [9.17, 15) is 39.9 Å². The zero-order chi connectivity index (χ0) is 28.8. The molecule has 0 saturated heterocycles. The third-order valence-electron chi connectivity index (χ3n) is 7.47. The quantitative estimate of drug-likeness (QED) is 0.294. The van der Waals surface area contributed by atoms with Crippen LogP contribution >= 0.6 is 11.6 Å². The Kier molecular flexibility index (Phi) is 8.21. The van der Waals surface area contributed by atoms with E-state index in [-0.39, 0.29) is 46.3 Å². The van der Waals surface area contributed by atoms with Crippen molar-refractivity contribution < 1.29 is 39.9 Å². The van der Waals surface area contributed by atoms with E-state index in [2.05, 4.69) is 16.6 Å². The van der Waals surface area contributed by atoms with Crippen molar-refractivity contribution in [3.8, 4) is 0 Å². The summed E-state index contributed by atoms with van der Waals surface area (Å²) in [5, 5.41) is 12.4. The number of hydrogen-bond acceptors (Lipinski definition) is 6. The van der Waals surface area contributed by atoms with E-state index in [1.165, 1.54) is 18.2 Å². The zero-order valence-electron chi connectivity index (χ0n) is 20.5. The predicted octanol–water partition coefficient (Wildman–Crippen LogP) is 3.81. The standard InChI is InChI=1S/C25H26ClF3N2O6S2/c1-2-7-38(34,35)30-13-25(33)15-4-5-16(25)10-18(9-15)39(36,37)22-8-14(3-6-19(22)26)24(32)31-17-11-20(27)23(29)21(28)12-17/h2-3,6,8,11-12,15-16,18,30,33H,1,4-5,7,9-10,13H2,(H,31,32)/t15?,16?,18-,25-. The van der Waals surface area contributed by atoms with Crippen LogP contribution in [0.15, 0.2) is 47.9 Å². The molecule has 0 aromatic heterocycles. The zero-order valence-corrected chi connectivity index (χ0v) is 22.9. The van der Waals surface area contributed by atoms with Gasteiger partial charge in [-0.3, -0.25) is 4.79 Å². The second-order valence-electron chi connectivity index (χ2n) is 9.85. The highest BCUT2D eigenvalue weighted by atomic mass is 35.5. The van der Waals surface area contributed by atoms with Crippen molar-refractivity contribution in [3.05, 3.63) is 71.0 Å². The molecule has 39 heavy (non-hydrogen) atoms. The Labute approximate surface area is 229 Å². The first-order valence-electron chi connectivity index (χ1n) is 12.0. The summed E-state index contributed by atoms with van der Waals surface area (Å²) in [7, 11) is -7.80. The van der Waals surface area contributed by atoms with E-state index in [1.54, 1.807) is 0 Å². The highest BCUT2D eigenvalue weighted by molar-refractivity contribution is 7.92. The van der Waals surface area contributed by atoms with Crippen LogP contribution in [0.2, 0.25) is 5.02 Å². The fraction of sp³-hybridized carbons (Fsp3) is 0.400. The van der Waals surface area contributed by atoms with Crippen molar-refractivity contribution in [1.29, 1.82) is 0 Å². The molecule has 212 valence electrons. The van der Waals surface area contributed by atoms with E-state index in [0.29, 0.717) is 25.0 Å². The van der Waals surface area contributed by atoms with Gasteiger partial charge in [-0.1, -0.05) is 17.7 Å². The predicted molar refractivity (Wildman–Crippen MR) is 139 cm³/mol. The van der Waals surface area contributed by atoms with E-state index in [4.69, 9.17) is 11.6 Å². The van der Waals surface area contributed by atoms with Crippen LogP contribution < -0.4 is 10.0 Å². The third kappa shape index (κ3) is 5.87. The van der Waals surface area contributed by atoms with Gasteiger partial charge in [-0.05, 0) is 55.7 Å². The van der Waals surface area contributed by atoms with Crippen LogP contribution in [-0.4, -0.2) is 51.0 Å². The van der Waals surface area contributed by atoms with Crippen molar-refractivity contribution >= 4 is 43.1 Å². The summed E-state index contributed by atoms with van der Waals surface area (Å²) in [6.07, 6.45) is 2.35. The molecule has 8 nitrogen and oxygen atoms in total. The van der Waals surface area contributed by atoms with E-state index in [0.717, 1.165) is 6.07 Å². The fourth-order valence-electron chi connectivity index (χ4n) is 5.47. The summed E-state index contributed by atoms with van der Waals surface area (Å²) >= 11 is 6.21. The molecule has 0 aliphatic heterocycles. The lowest BCUT2D eigenvalue weighted by molar-refractivity contribution is -0.0525. The minimum Gasteiger partial charge on any atom is -0.388 e. The molecule has 0 radical (unpaired) electrons. The van der Waals surface area contributed by atoms with Crippen LogP contribution in [0.5, 0.6) is 0 Å². The van der Waals surface area contributed by atoms with Gasteiger partial charge in [0.2, 0.25) is 10.0 Å². The summed E-state index contributed by atoms with van der Waals surface area (Å²) in [4.78, 5) is 12.4. The molecular formula is C25H26ClF3N2O6S2. The largest absolute Gasteiger partial charge is 0.388 e. The smallest absolute Gasteiger partial charge is 0.255 e. The van der Waals surface area contributed by atoms with Gasteiger partial charge in [0.1, 0.15) is 0 Å². The first kappa shape index (κ1) is 29.5. The van der Waals surface area contributed by atoms with Crippen molar-refractivity contribution in [2.45, 2.75) is 41.4 Å². The monoisotopic (exact) mass is 606 g/mol. The first-order valence-corrected chi connectivity index (χ1v) is 15.6. The molecule has 0 heterocycles. The summed E-state index contributed by atoms with van der Waals surface area (Å²) < 4.78 is 94.0. The van der Waals surface area contributed by atoms with Gasteiger partial charge in [-0.25, -0.2) is 34.7 Å². The Morgan fingerprint density at radius 1 is 1.08 bits per heavy atom. The number of aliphatic hydroxyl groups is 1. The van der Waals surface area contributed by atoms with E-state index < -0.39 is 65.9 Å². The number of amides is 1. The molecule has 2 atom stereocenters. The molecule has 1 amide bonds. The van der Waals surface area contributed by atoms with Crippen molar-refractivity contribution in [2.75, 3.05) is 17.6 Å². The molecule has 2 unspecified atom stereocenters. The molecule has 14 heteroatoms. The lowest BCUT2D eigenvalue weighted by Crippen LogP contribution is -2.54. The minimum atomic E-state index is -4.11. The molecule has 2 bridgehead atoms.